The van der Waals surface area contributed by atoms with Crippen LogP contribution in [-0.4, -0.2) is 85.5 Å². The van der Waals surface area contributed by atoms with Crippen LogP contribution in [0.2, 0.25) is 0 Å². The van der Waals surface area contributed by atoms with E-state index >= 15 is 0 Å². The first-order chi connectivity index (χ1) is 13.8. The monoisotopic (exact) mass is 412 g/mol. The number of rotatable bonds is 8. The summed E-state index contributed by atoms with van der Waals surface area (Å²) >= 11 is 0. The molecule has 9 heteroatoms. The Bertz CT molecular complexity index is 614. The van der Waals surface area contributed by atoms with Gasteiger partial charge < -0.3 is 23.8 Å². The topological polar surface area (TPSA) is 94.6 Å². The third kappa shape index (κ3) is 6.71. The van der Waals surface area contributed by atoms with Crippen molar-refractivity contribution in [2.24, 2.45) is 0 Å². The molecule has 3 atom stereocenters. The quantitative estimate of drug-likeness (QED) is 0.547. The van der Waals surface area contributed by atoms with Gasteiger partial charge in [0.2, 0.25) is 6.10 Å². The summed E-state index contributed by atoms with van der Waals surface area (Å²) in [6.07, 6.45) is 0.788. The second-order valence-electron chi connectivity index (χ2n) is 7.11. The van der Waals surface area contributed by atoms with Gasteiger partial charge in [0.25, 0.3) is 12.2 Å². The molecule has 1 amide bonds. The summed E-state index contributed by atoms with van der Waals surface area (Å²) in [5.74, 6) is -1.42. The van der Waals surface area contributed by atoms with E-state index < -0.39 is 30.4 Å². The number of hydrogen-bond acceptors (Lipinski definition) is 8. The van der Waals surface area contributed by atoms with Gasteiger partial charge in [0.1, 0.15) is 6.10 Å². The molecule has 0 radical (unpaired) electrons. The number of piperazine rings is 1. The van der Waals surface area contributed by atoms with E-state index in [1.165, 1.54) is 19.9 Å². The molecule has 0 aromatic rings. The Labute approximate surface area is 171 Å². The Balaban J connectivity index is 2.12. The summed E-state index contributed by atoms with van der Waals surface area (Å²) in [7, 11) is 0. The summed E-state index contributed by atoms with van der Waals surface area (Å²) in [5, 5.41) is 0. The van der Waals surface area contributed by atoms with Crippen molar-refractivity contribution < 1.29 is 33.3 Å². The molecular weight excluding hydrogens is 380 g/mol. The summed E-state index contributed by atoms with van der Waals surface area (Å²) in [5.41, 5.74) is 0. The van der Waals surface area contributed by atoms with E-state index in [4.69, 9.17) is 18.9 Å². The number of unbranched alkanes of at least 4 members (excludes halogenated alkanes) is 1. The third-order valence-corrected chi connectivity index (χ3v) is 4.79. The molecule has 0 unspecified atom stereocenters. The number of ether oxygens (including phenoxy) is 4. The predicted molar refractivity (Wildman–Crippen MR) is 104 cm³/mol. The van der Waals surface area contributed by atoms with Crippen LogP contribution in [0.15, 0.2) is 11.8 Å². The lowest BCUT2D eigenvalue weighted by Crippen LogP contribution is -2.52. The lowest BCUT2D eigenvalue weighted by molar-refractivity contribution is -0.223. The van der Waals surface area contributed by atoms with Gasteiger partial charge in [-0.3, -0.25) is 19.3 Å². The maximum Gasteiger partial charge on any atom is 0.305 e. The van der Waals surface area contributed by atoms with Crippen molar-refractivity contribution in [3.63, 3.8) is 0 Å². The highest BCUT2D eigenvalue weighted by Gasteiger charge is 2.43. The van der Waals surface area contributed by atoms with E-state index in [1.807, 2.05) is 0 Å². The molecule has 9 nitrogen and oxygen atoms in total. The molecule has 164 valence electrons. The molecule has 0 bridgehead atoms. The van der Waals surface area contributed by atoms with Gasteiger partial charge in [-0.15, -0.1) is 0 Å². The van der Waals surface area contributed by atoms with Crippen molar-refractivity contribution >= 4 is 17.8 Å². The van der Waals surface area contributed by atoms with Crippen molar-refractivity contribution in [2.75, 3.05) is 39.3 Å². The Morgan fingerprint density at radius 2 is 1.72 bits per heavy atom. The van der Waals surface area contributed by atoms with Crippen molar-refractivity contribution in [2.45, 2.75) is 59.0 Å². The second-order valence-corrected chi connectivity index (χ2v) is 7.11. The first-order valence-electron chi connectivity index (χ1n) is 10.2. The standard InChI is InChI=1S/C20H32N2O7/c1-5-7-8-21-9-11-22(12-10-21)19(25)17-13-16(26-6-2)18(27-14(3)23)20(29-17)28-15(4)24/h13,16,18,20H,5-12H2,1-4H3/t16-,18+,20+/m0/s1. The van der Waals surface area contributed by atoms with Crippen molar-refractivity contribution in [1.82, 2.24) is 9.80 Å². The van der Waals surface area contributed by atoms with Crippen LogP contribution >= 0.6 is 0 Å². The average molecular weight is 412 g/mol. The van der Waals surface area contributed by atoms with Gasteiger partial charge in [0, 0.05) is 46.6 Å². The Morgan fingerprint density at radius 1 is 1.07 bits per heavy atom. The molecule has 1 fully saturated rings. The van der Waals surface area contributed by atoms with E-state index in [9.17, 15) is 14.4 Å². The Hall–Kier alpha value is -2.13. The highest BCUT2D eigenvalue weighted by Crippen LogP contribution is 2.26. The summed E-state index contributed by atoms with van der Waals surface area (Å²) in [6, 6.07) is 0. The summed E-state index contributed by atoms with van der Waals surface area (Å²) in [6.45, 7) is 10.6. The van der Waals surface area contributed by atoms with E-state index in [0.717, 1.165) is 32.5 Å². The highest BCUT2D eigenvalue weighted by molar-refractivity contribution is 5.92. The zero-order valence-electron chi connectivity index (χ0n) is 17.7. The van der Waals surface area contributed by atoms with Crippen LogP contribution in [0.3, 0.4) is 0 Å². The molecule has 0 saturated carbocycles. The number of esters is 2. The zero-order valence-corrected chi connectivity index (χ0v) is 17.7. The minimum atomic E-state index is -1.25. The largest absolute Gasteiger partial charge is 0.451 e. The van der Waals surface area contributed by atoms with Gasteiger partial charge >= 0.3 is 11.9 Å². The Morgan fingerprint density at radius 3 is 2.28 bits per heavy atom. The van der Waals surface area contributed by atoms with Crippen LogP contribution in [0.4, 0.5) is 0 Å². The fourth-order valence-corrected chi connectivity index (χ4v) is 3.37. The average Bonchev–Trinajstić information content (AvgIpc) is 2.68. The maximum absolute atomic E-state index is 13.0. The molecule has 29 heavy (non-hydrogen) atoms. The van der Waals surface area contributed by atoms with Crippen molar-refractivity contribution in [1.29, 1.82) is 0 Å². The molecule has 2 rings (SSSR count). The zero-order chi connectivity index (χ0) is 21.4. The smallest absolute Gasteiger partial charge is 0.305 e. The van der Waals surface area contributed by atoms with Crippen molar-refractivity contribution in [3.05, 3.63) is 11.8 Å². The molecule has 2 aliphatic heterocycles. The van der Waals surface area contributed by atoms with Crippen LogP contribution in [0.25, 0.3) is 0 Å². The predicted octanol–water partition coefficient (Wildman–Crippen LogP) is 1.07. The van der Waals surface area contributed by atoms with Crippen LogP contribution in [0.5, 0.6) is 0 Å². The summed E-state index contributed by atoms with van der Waals surface area (Å²) < 4.78 is 21.7. The number of nitrogens with zero attached hydrogens (tertiary/aromatic N) is 2. The van der Waals surface area contributed by atoms with Gasteiger partial charge in [0.05, 0.1) is 0 Å². The molecule has 1 saturated heterocycles. The van der Waals surface area contributed by atoms with E-state index in [1.54, 1.807) is 11.8 Å². The molecule has 2 heterocycles. The fraction of sp³-hybridized carbons (Fsp3) is 0.750. The molecule has 0 N–H and O–H groups in total. The van der Waals surface area contributed by atoms with Gasteiger partial charge in [-0.05, 0) is 26.0 Å². The third-order valence-electron chi connectivity index (χ3n) is 4.79. The van der Waals surface area contributed by atoms with Gasteiger partial charge in [-0.1, -0.05) is 13.3 Å². The first kappa shape index (κ1) is 23.2. The van der Waals surface area contributed by atoms with E-state index in [2.05, 4.69) is 11.8 Å². The van der Waals surface area contributed by atoms with E-state index in [0.29, 0.717) is 19.7 Å². The number of amides is 1. The minimum absolute atomic E-state index is 0.0418. The fourth-order valence-electron chi connectivity index (χ4n) is 3.37. The van der Waals surface area contributed by atoms with Crippen molar-refractivity contribution in [3.8, 4) is 0 Å². The Kier molecular flexibility index (Phi) is 8.91. The van der Waals surface area contributed by atoms with Crippen LogP contribution in [0, 0.1) is 0 Å². The molecule has 0 aliphatic carbocycles. The number of hydrogen-bond donors (Lipinski definition) is 0. The lowest BCUT2D eigenvalue weighted by atomic mass is 10.1. The van der Waals surface area contributed by atoms with Gasteiger partial charge in [-0.2, -0.15) is 0 Å². The highest BCUT2D eigenvalue weighted by atomic mass is 16.7. The molecule has 2 aliphatic rings. The number of carbonyl (C=O) groups is 3. The summed E-state index contributed by atoms with van der Waals surface area (Å²) in [4.78, 5) is 40.0. The van der Waals surface area contributed by atoms with Gasteiger partial charge in [-0.25, -0.2) is 0 Å². The van der Waals surface area contributed by atoms with Crippen LogP contribution < -0.4 is 0 Å². The molecule has 0 aromatic heterocycles. The second kappa shape index (κ2) is 11.2. The maximum atomic E-state index is 13.0. The number of carbonyl (C=O) groups excluding carboxylic acids is 3. The molecular formula is C20H32N2O7. The van der Waals surface area contributed by atoms with Gasteiger partial charge in [0.15, 0.2) is 5.76 Å². The normalized spacial score (nSPS) is 25.0. The first-order valence-corrected chi connectivity index (χ1v) is 10.2. The molecule has 0 spiro atoms. The molecule has 0 aromatic carbocycles. The van der Waals surface area contributed by atoms with E-state index in [-0.39, 0.29) is 11.7 Å². The SMILES string of the molecule is CCCCN1CCN(C(=O)C2=C[C@H](OCC)[C@@H](OC(C)=O)[C@H](OC(C)=O)O2)CC1. The minimum Gasteiger partial charge on any atom is -0.451 e. The van der Waals surface area contributed by atoms with Crippen LogP contribution in [-0.2, 0) is 33.3 Å². The van der Waals surface area contributed by atoms with Crippen LogP contribution in [0.1, 0.15) is 40.5 Å². The lowest BCUT2D eigenvalue weighted by Gasteiger charge is -2.38.